The summed E-state index contributed by atoms with van der Waals surface area (Å²) in [5, 5.41) is 3.13. The Balaban J connectivity index is 2.64. The Morgan fingerprint density at radius 1 is 1.16 bits per heavy atom. The Kier molecular flexibility index (Phi) is 8.24. The number of aromatic nitrogens is 2. The minimum atomic E-state index is 0.613. The van der Waals surface area contributed by atoms with Gasteiger partial charge < -0.3 is 14.8 Å². The predicted molar refractivity (Wildman–Crippen MR) is 84.7 cm³/mol. The van der Waals surface area contributed by atoms with Crippen molar-refractivity contribution in [3.05, 3.63) is 15.1 Å². The molecule has 19 heavy (non-hydrogen) atoms. The molecule has 0 fully saturated rings. The molecule has 0 spiro atoms. The zero-order chi connectivity index (χ0) is 14.1. The third kappa shape index (κ3) is 5.58. The van der Waals surface area contributed by atoms with Gasteiger partial charge in [-0.15, -0.1) is 0 Å². The lowest BCUT2D eigenvalue weighted by molar-refractivity contribution is 0.0716. The van der Waals surface area contributed by atoms with E-state index in [4.69, 9.17) is 9.47 Å². The van der Waals surface area contributed by atoms with E-state index in [1.807, 2.05) is 7.05 Å². The van der Waals surface area contributed by atoms with Crippen molar-refractivity contribution >= 4 is 28.4 Å². The highest BCUT2D eigenvalue weighted by molar-refractivity contribution is 14.1. The molecule has 0 saturated carbocycles. The number of ether oxygens (including phenoxy) is 2. The largest absolute Gasteiger partial charge is 0.382 e. The van der Waals surface area contributed by atoms with Crippen molar-refractivity contribution in [3.8, 4) is 0 Å². The first-order valence-corrected chi connectivity index (χ1v) is 7.60. The fourth-order valence-corrected chi connectivity index (χ4v) is 2.41. The first kappa shape index (κ1) is 16.6. The maximum absolute atomic E-state index is 5.45. The van der Waals surface area contributed by atoms with Crippen molar-refractivity contribution in [2.75, 3.05) is 39.3 Å². The van der Waals surface area contributed by atoms with E-state index >= 15 is 0 Å². The summed E-state index contributed by atoms with van der Waals surface area (Å²) in [6.45, 7) is 4.02. The second-order valence-corrected chi connectivity index (χ2v) is 5.18. The van der Waals surface area contributed by atoms with Gasteiger partial charge in [0.2, 0.25) is 0 Å². The summed E-state index contributed by atoms with van der Waals surface area (Å²) < 4.78 is 11.5. The van der Waals surface area contributed by atoms with Crippen LogP contribution in [-0.4, -0.2) is 43.9 Å². The lowest BCUT2D eigenvalue weighted by Gasteiger charge is -2.11. The molecule has 6 heteroatoms. The van der Waals surface area contributed by atoms with E-state index in [-0.39, 0.29) is 0 Å². The summed E-state index contributed by atoms with van der Waals surface area (Å²) in [6.07, 6.45) is 2.79. The minimum absolute atomic E-state index is 0.613. The number of methoxy groups -OCH3 is 1. The highest BCUT2D eigenvalue weighted by Crippen LogP contribution is 2.20. The van der Waals surface area contributed by atoms with Crippen LogP contribution in [0.4, 0.5) is 5.82 Å². The summed E-state index contributed by atoms with van der Waals surface area (Å²) in [6, 6.07) is 0. The number of halogens is 1. The molecule has 0 aliphatic heterocycles. The van der Waals surface area contributed by atoms with Crippen LogP contribution in [0.15, 0.2) is 0 Å². The summed E-state index contributed by atoms with van der Waals surface area (Å²) in [5.41, 5.74) is 1.12. The van der Waals surface area contributed by atoms with Crippen LogP contribution in [0, 0.1) is 3.57 Å². The van der Waals surface area contributed by atoms with Crippen LogP contribution < -0.4 is 5.32 Å². The summed E-state index contributed by atoms with van der Waals surface area (Å²) in [7, 11) is 3.56. The fraction of sp³-hybridized carbons (Fsp3) is 0.692. The lowest BCUT2D eigenvalue weighted by Crippen LogP contribution is -2.11. The molecule has 1 rings (SSSR count). The molecule has 1 heterocycles. The Bertz CT molecular complexity index is 388. The Morgan fingerprint density at radius 3 is 2.58 bits per heavy atom. The number of nitrogens with one attached hydrogen (secondary N) is 1. The number of hydrogen-bond donors (Lipinski definition) is 1. The Hall–Kier alpha value is -0.470. The molecule has 0 amide bonds. The smallest absolute Gasteiger partial charge is 0.143 e. The van der Waals surface area contributed by atoms with Crippen LogP contribution in [0.5, 0.6) is 0 Å². The van der Waals surface area contributed by atoms with Crippen LogP contribution in [0.1, 0.15) is 24.9 Å². The monoisotopic (exact) mass is 379 g/mol. The molecule has 0 bridgehead atoms. The molecule has 0 unspecified atom stereocenters. The number of hydrogen-bond acceptors (Lipinski definition) is 5. The fourth-order valence-electron chi connectivity index (χ4n) is 1.63. The summed E-state index contributed by atoms with van der Waals surface area (Å²) >= 11 is 2.30. The van der Waals surface area contributed by atoms with Crippen LogP contribution in [-0.2, 0) is 22.3 Å². The van der Waals surface area contributed by atoms with Crippen molar-refractivity contribution < 1.29 is 9.47 Å². The SMILES string of the molecule is CCCc1nc(CCOCCOC)nc(NC)c1I. The van der Waals surface area contributed by atoms with E-state index in [1.54, 1.807) is 7.11 Å². The molecule has 108 valence electrons. The molecule has 0 aliphatic rings. The van der Waals surface area contributed by atoms with Gasteiger partial charge >= 0.3 is 0 Å². The molecule has 0 saturated heterocycles. The van der Waals surface area contributed by atoms with Crippen LogP contribution >= 0.6 is 22.6 Å². The standard InChI is InChI=1S/C13H22IN3O2/c1-4-5-10-12(14)13(15-2)17-11(16-10)6-7-19-9-8-18-3/h4-9H2,1-3H3,(H,15,16,17). The average Bonchev–Trinajstić information content (AvgIpc) is 2.42. The number of anilines is 1. The third-order valence-corrected chi connectivity index (χ3v) is 3.73. The molecular formula is C13H22IN3O2. The van der Waals surface area contributed by atoms with Crippen molar-refractivity contribution in [2.24, 2.45) is 0 Å². The predicted octanol–water partition coefficient (Wildman–Crippen LogP) is 2.28. The van der Waals surface area contributed by atoms with Crippen LogP contribution in [0.25, 0.3) is 0 Å². The van der Waals surface area contributed by atoms with Crippen LogP contribution in [0.2, 0.25) is 0 Å². The highest BCUT2D eigenvalue weighted by atomic mass is 127. The van der Waals surface area contributed by atoms with E-state index in [0.29, 0.717) is 19.8 Å². The summed E-state index contributed by atoms with van der Waals surface area (Å²) in [5.74, 6) is 1.75. The summed E-state index contributed by atoms with van der Waals surface area (Å²) in [4.78, 5) is 9.13. The molecule has 5 nitrogen and oxygen atoms in total. The number of nitrogens with zero attached hydrogens (tertiary/aromatic N) is 2. The van der Waals surface area contributed by atoms with E-state index in [9.17, 15) is 0 Å². The Morgan fingerprint density at radius 2 is 1.95 bits per heavy atom. The molecule has 0 atom stereocenters. The quantitative estimate of drug-likeness (QED) is 0.527. The third-order valence-electron chi connectivity index (χ3n) is 2.59. The van der Waals surface area contributed by atoms with Gasteiger partial charge in [-0.2, -0.15) is 0 Å². The number of aryl methyl sites for hydroxylation is 1. The second-order valence-electron chi connectivity index (χ2n) is 4.10. The van der Waals surface area contributed by atoms with Crippen molar-refractivity contribution in [1.29, 1.82) is 0 Å². The molecule has 0 radical (unpaired) electrons. The van der Waals surface area contributed by atoms with Gasteiger partial charge in [-0.1, -0.05) is 13.3 Å². The first-order chi connectivity index (χ1) is 9.22. The zero-order valence-corrected chi connectivity index (χ0v) is 14.0. The molecular weight excluding hydrogens is 357 g/mol. The van der Waals surface area contributed by atoms with Gasteiger partial charge in [0, 0.05) is 20.6 Å². The second kappa shape index (κ2) is 9.44. The van der Waals surface area contributed by atoms with Gasteiger partial charge in [-0.05, 0) is 29.0 Å². The zero-order valence-electron chi connectivity index (χ0n) is 11.8. The van der Waals surface area contributed by atoms with E-state index in [2.05, 4.69) is 44.8 Å². The average molecular weight is 379 g/mol. The highest BCUT2D eigenvalue weighted by Gasteiger charge is 2.10. The normalized spacial score (nSPS) is 10.7. The maximum atomic E-state index is 5.45. The minimum Gasteiger partial charge on any atom is -0.382 e. The molecule has 1 N–H and O–H groups in total. The van der Waals surface area contributed by atoms with E-state index in [0.717, 1.165) is 40.2 Å². The van der Waals surface area contributed by atoms with Gasteiger partial charge in [-0.3, -0.25) is 0 Å². The van der Waals surface area contributed by atoms with Crippen LogP contribution in [0.3, 0.4) is 0 Å². The van der Waals surface area contributed by atoms with Crippen molar-refractivity contribution in [3.63, 3.8) is 0 Å². The topological polar surface area (TPSA) is 56.3 Å². The molecule has 0 aromatic carbocycles. The van der Waals surface area contributed by atoms with Gasteiger partial charge in [0.25, 0.3) is 0 Å². The molecule has 1 aromatic heterocycles. The van der Waals surface area contributed by atoms with Gasteiger partial charge in [0.15, 0.2) is 0 Å². The first-order valence-electron chi connectivity index (χ1n) is 6.52. The van der Waals surface area contributed by atoms with Crippen molar-refractivity contribution in [1.82, 2.24) is 9.97 Å². The molecule has 0 aliphatic carbocycles. The van der Waals surface area contributed by atoms with Crippen molar-refractivity contribution in [2.45, 2.75) is 26.2 Å². The van der Waals surface area contributed by atoms with E-state index < -0.39 is 0 Å². The van der Waals surface area contributed by atoms with Gasteiger partial charge in [-0.25, -0.2) is 9.97 Å². The maximum Gasteiger partial charge on any atom is 0.143 e. The Labute approximate surface area is 128 Å². The lowest BCUT2D eigenvalue weighted by atomic mass is 10.2. The molecule has 1 aromatic rings. The van der Waals surface area contributed by atoms with Gasteiger partial charge in [0.1, 0.15) is 11.6 Å². The van der Waals surface area contributed by atoms with E-state index in [1.165, 1.54) is 0 Å². The van der Waals surface area contributed by atoms with Gasteiger partial charge in [0.05, 0.1) is 29.1 Å². The number of rotatable bonds is 9.